The summed E-state index contributed by atoms with van der Waals surface area (Å²) in [6, 6.07) is 16.5. The van der Waals surface area contributed by atoms with Gasteiger partial charge in [-0.15, -0.1) is 11.3 Å². The molecule has 1 heterocycles. The lowest BCUT2D eigenvalue weighted by Gasteiger charge is -2.12. The first-order chi connectivity index (χ1) is 16.1. The lowest BCUT2D eigenvalue weighted by molar-refractivity contribution is -0.139. The fourth-order valence-electron chi connectivity index (χ4n) is 3.91. The van der Waals surface area contributed by atoms with E-state index < -0.39 is 12.6 Å². The summed E-state index contributed by atoms with van der Waals surface area (Å²) in [7, 11) is 0. The number of hydrogen-bond acceptors (Lipinski definition) is 5. The van der Waals surface area contributed by atoms with Gasteiger partial charge in [0.15, 0.2) is 6.61 Å². The lowest BCUT2D eigenvalue weighted by atomic mass is 9.96. The molecule has 0 bridgehead atoms. The number of aliphatic imine (C=N–C) groups is 1. The Bertz CT molecular complexity index is 1150. The minimum Gasteiger partial charge on any atom is -0.482 e. The van der Waals surface area contributed by atoms with Crippen molar-refractivity contribution in [3.05, 3.63) is 76.2 Å². The summed E-state index contributed by atoms with van der Waals surface area (Å²) < 4.78 is 5.26. The van der Waals surface area contributed by atoms with E-state index in [1.165, 1.54) is 17.7 Å². The molecule has 1 aliphatic rings. The monoisotopic (exact) mass is 462 g/mol. The van der Waals surface area contributed by atoms with E-state index in [0.717, 1.165) is 42.5 Å². The molecule has 0 atom stereocenters. The number of carbonyl (C=O) groups is 2. The summed E-state index contributed by atoms with van der Waals surface area (Å²) in [5.41, 5.74) is 3.31. The van der Waals surface area contributed by atoms with Gasteiger partial charge in [0, 0.05) is 16.8 Å². The number of amides is 1. The Kier molecular flexibility index (Phi) is 7.52. The minimum atomic E-state index is -1.03. The first-order valence-corrected chi connectivity index (χ1v) is 11.9. The molecule has 1 aliphatic carbocycles. The highest BCUT2D eigenvalue weighted by Gasteiger charge is 2.24. The standard InChI is InChI=1S/C26H26N2O4S/c29-23(30)17-32-20-12-8-9-18(15-20)16-27-26-24(25(31)28-19-10-4-3-5-11-19)21-13-6-1-2-7-14-22(21)33-26/h3-5,8-12,15-16H,1-2,6-7,13-14,17H2,(H,28,31)(H,29,30). The number of carbonyl (C=O) groups excluding carboxylic acids is 1. The van der Waals surface area contributed by atoms with Crippen molar-refractivity contribution in [1.82, 2.24) is 0 Å². The predicted molar refractivity (Wildman–Crippen MR) is 131 cm³/mol. The molecule has 170 valence electrons. The van der Waals surface area contributed by atoms with Crippen LogP contribution in [0.1, 0.15) is 52.0 Å². The van der Waals surface area contributed by atoms with Crippen LogP contribution in [0.4, 0.5) is 10.7 Å². The molecule has 2 aromatic carbocycles. The van der Waals surface area contributed by atoms with Crippen molar-refractivity contribution < 1.29 is 19.4 Å². The molecular weight excluding hydrogens is 436 g/mol. The van der Waals surface area contributed by atoms with Gasteiger partial charge in [-0.2, -0.15) is 0 Å². The summed E-state index contributed by atoms with van der Waals surface area (Å²) in [5.74, 6) is -0.703. The molecule has 2 N–H and O–H groups in total. The number of hydrogen-bond donors (Lipinski definition) is 2. The van der Waals surface area contributed by atoms with E-state index in [1.54, 1.807) is 35.8 Å². The third-order valence-electron chi connectivity index (χ3n) is 5.46. The van der Waals surface area contributed by atoms with Gasteiger partial charge in [0.2, 0.25) is 0 Å². The van der Waals surface area contributed by atoms with Crippen molar-refractivity contribution in [3.63, 3.8) is 0 Å². The number of aryl methyl sites for hydroxylation is 1. The molecule has 6 nitrogen and oxygen atoms in total. The van der Waals surface area contributed by atoms with Gasteiger partial charge >= 0.3 is 5.97 Å². The molecular formula is C26H26N2O4S. The van der Waals surface area contributed by atoms with Gasteiger partial charge in [0.25, 0.3) is 5.91 Å². The van der Waals surface area contributed by atoms with E-state index in [4.69, 9.17) is 14.8 Å². The van der Waals surface area contributed by atoms with E-state index in [9.17, 15) is 9.59 Å². The fourth-order valence-corrected chi connectivity index (χ4v) is 5.14. The third-order valence-corrected chi connectivity index (χ3v) is 6.66. The molecule has 7 heteroatoms. The summed E-state index contributed by atoms with van der Waals surface area (Å²) in [6.45, 7) is -0.401. The molecule has 3 aromatic rings. The molecule has 4 rings (SSSR count). The number of thiophene rings is 1. The highest BCUT2D eigenvalue weighted by molar-refractivity contribution is 7.16. The number of aliphatic carboxylic acids is 1. The molecule has 1 amide bonds. The SMILES string of the molecule is O=C(O)COc1cccc(C=Nc2sc3c(c2C(=O)Nc2ccccc2)CCCCCC3)c1. The van der Waals surface area contributed by atoms with Crippen LogP contribution in [-0.2, 0) is 17.6 Å². The van der Waals surface area contributed by atoms with E-state index in [2.05, 4.69) is 5.32 Å². The molecule has 0 saturated heterocycles. The number of para-hydroxylation sites is 1. The molecule has 33 heavy (non-hydrogen) atoms. The number of fused-ring (bicyclic) bond motifs is 1. The topological polar surface area (TPSA) is 88.0 Å². The second kappa shape index (κ2) is 10.9. The van der Waals surface area contributed by atoms with Crippen LogP contribution in [0.25, 0.3) is 0 Å². The van der Waals surface area contributed by atoms with Gasteiger partial charge in [-0.1, -0.05) is 43.2 Å². The van der Waals surface area contributed by atoms with Crippen molar-refractivity contribution in [1.29, 1.82) is 0 Å². The zero-order valence-electron chi connectivity index (χ0n) is 18.3. The van der Waals surface area contributed by atoms with Gasteiger partial charge < -0.3 is 15.2 Å². The van der Waals surface area contributed by atoms with Crippen molar-refractivity contribution in [2.45, 2.75) is 38.5 Å². The van der Waals surface area contributed by atoms with Crippen molar-refractivity contribution >= 4 is 40.1 Å². The number of rotatable bonds is 7. The Morgan fingerprint density at radius 2 is 1.82 bits per heavy atom. The van der Waals surface area contributed by atoms with E-state index in [0.29, 0.717) is 16.3 Å². The van der Waals surface area contributed by atoms with E-state index in [1.807, 2.05) is 36.4 Å². The average Bonchev–Trinajstić information content (AvgIpc) is 3.13. The zero-order chi connectivity index (χ0) is 23.0. The summed E-state index contributed by atoms with van der Waals surface area (Å²) in [4.78, 5) is 30.0. The number of ether oxygens (including phenoxy) is 1. The predicted octanol–water partition coefficient (Wildman–Crippen LogP) is 5.87. The Morgan fingerprint density at radius 1 is 1.03 bits per heavy atom. The van der Waals surface area contributed by atoms with Gasteiger partial charge in [0.05, 0.1) is 5.56 Å². The second-order valence-electron chi connectivity index (χ2n) is 7.93. The maximum atomic E-state index is 13.3. The maximum absolute atomic E-state index is 13.3. The Morgan fingerprint density at radius 3 is 2.61 bits per heavy atom. The number of anilines is 1. The Balaban J connectivity index is 1.64. The minimum absolute atomic E-state index is 0.134. The quantitative estimate of drug-likeness (QED) is 0.430. The maximum Gasteiger partial charge on any atom is 0.341 e. The first kappa shape index (κ1) is 22.7. The highest BCUT2D eigenvalue weighted by Crippen LogP contribution is 2.39. The van der Waals surface area contributed by atoms with Crippen LogP contribution in [0.15, 0.2) is 59.6 Å². The van der Waals surface area contributed by atoms with Crippen LogP contribution in [0.5, 0.6) is 5.75 Å². The van der Waals surface area contributed by atoms with Gasteiger partial charge in [-0.05, 0) is 61.1 Å². The van der Waals surface area contributed by atoms with Crippen LogP contribution in [0, 0.1) is 0 Å². The lowest BCUT2D eigenvalue weighted by Crippen LogP contribution is -2.14. The number of nitrogens with zero attached hydrogens (tertiary/aromatic N) is 1. The van der Waals surface area contributed by atoms with E-state index >= 15 is 0 Å². The molecule has 0 unspecified atom stereocenters. The van der Waals surface area contributed by atoms with Crippen LogP contribution in [0.3, 0.4) is 0 Å². The van der Waals surface area contributed by atoms with Crippen molar-refractivity contribution in [2.75, 3.05) is 11.9 Å². The Labute approximate surface area is 197 Å². The van der Waals surface area contributed by atoms with Crippen molar-refractivity contribution in [3.8, 4) is 5.75 Å². The van der Waals surface area contributed by atoms with Gasteiger partial charge in [-0.3, -0.25) is 4.79 Å². The van der Waals surface area contributed by atoms with Gasteiger partial charge in [0.1, 0.15) is 10.8 Å². The summed E-state index contributed by atoms with van der Waals surface area (Å²) in [6.07, 6.45) is 8.14. The summed E-state index contributed by atoms with van der Waals surface area (Å²) in [5, 5.41) is 12.5. The fraction of sp³-hybridized carbons (Fsp3) is 0.269. The van der Waals surface area contributed by atoms with Crippen LogP contribution in [0.2, 0.25) is 0 Å². The van der Waals surface area contributed by atoms with Crippen molar-refractivity contribution in [2.24, 2.45) is 4.99 Å². The highest BCUT2D eigenvalue weighted by atomic mass is 32.1. The average molecular weight is 463 g/mol. The molecule has 0 radical (unpaired) electrons. The molecule has 0 saturated carbocycles. The number of nitrogens with one attached hydrogen (secondary N) is 1. The molecule has 0 fully saturated rings. The molecule has 0 aliphatic heterocycles. The first-order valence-electron chi connectivity index (χ1n) is 11.1. The number of carboxylic acid groups (broad SMARTS) is 1. The van der Waals surface area contributed by atoms with Crippen LogP contribution < -0.4 is 10.1 Å². The third kappa shape index (κ3) is 6.08. The number of benzene rings is 2. The van der Waals surface area contributed by atoms with Gasteiger partial charge in [-0.25, -0.2) is 9.79 Å². The van der Waals surface area contributed by atoms with E-state index in [-0.39, 0.29) is 5.91 Å². The smallest absolute Gasteiger partial charge is 0.341 e. The number of carboxylic acids is 1. The second-order valence-corrected chi connectivity index (χ2v) is 9.02. The normalized spacial score (nSPS) is 13.7. The molecule has 1 aromatic heterocycles. The zero-order valence-corrected chi connectivity index (χ0v) is 19.1. The van der Waals surface area contributed by atoms with Crippen LogP contribution in [-0.4, -0.2) is 29.8 Å². The molecule has 0 spiro atoms. The van der Waals surface area contributed by atoms with Crippen LogP contribution >= 0.6 is 11.3 Å². The largest absolute Gasteiger partial charge is 0.482 e. The Hall–Kier alpha value is -3.45. The summed E-state index contributed by atoms with van der Waals surface area (Å²) >= 11 is 1.59.